The Morgan fingerprint density at radius 1 is 0.803 bits per heavy atom. The molecule has 2 saturated heterocycles. The maximum atomic E-state index is 14.1. The van der Waals surface area contributed by atoms with Crippen molar-refractivity contribution in [2.75, 3.05) is 33.8 Å². The van der Waals surface area contributed by atoms with Gasteiger partial charge in [-0.15, -0.1) is 11.3 Å². The third kappa shape index (κ3) is 8.31. The molecule has 0 aliphatic carbocycles. The van der Waals surface area contributed by atoms with E-state index in [0.717, 1.165) is 65.1 Å². The molecule has 13 heteroatoms. The number of carbonyl (C=O) groups is 3. The molecule has 0 spiro atoms. The third-order valence-electron chi connectivity index (χ3n) is 11.9. The monoisotopic (exact) mass is 832 g/mol. The van der Waals surface area contributed by atoms with Gasteiger partial charge in [0.2, 0.25) is 5.91 Å². The number of thiophene rings is 1. The maximum absolute atomic E-state index is 14.1. The molecule has 0 unspecified atom stereocenters. The number of alkyl carbamates (subject to hydrolysis) is 1. The van der Waals surface area contributed by atoms with Crippen molar-refractivity contribution in [3.05, 3.63) is 144 Å². The van der Waals surface area contributed by atoms with E-state index in [1.807, 2.05) is 72.9 Å². The Morgan fingerprint density at radius 3 is 2.21 bits per heavy atom. The average molecular weight is 833 g/mol. The molecule has 2 aliphatic rings. The van der Waals surface area contributed by atoms with Crippen LogP contribution in [0.15, 0.2) is 121 Å². The molecular formula is C48H48N8O4S. The molecule has 0 saturated carbocycles. The lowest BCUT2D eigenvalue weighted by Gasteiger charge is -2.28. The summed E-state index contributed by atoms with van der Waals surface area (Å²) in [5.41, 5.74) is 7.59. The number of H-pyrrole nitrogens is 2. The van der Waals surface area contributed by atoms with Crippen LogP contribution in [0.2, 0.25) is 0 Å². The number of nitrogens with one attached hydrogen (secondary N) is 3. The van der Waals surface area contributed by atoms with Gasteiger partial charge in [0.1, 0.15) is 17.7 Å². The second kappa shape index (κ2) is 17.6. The zero-order valence-electron chi connectivity index (χ0n) is 34.2. The first-order chi connectivity index (χ1) is 29.8. The van der Waals surface area contributed by atoms with E-state index in [0.29, 0.717) is 37.6 Å². The van der Waals surface area contributed by atoms with Gasteiger partial charge in [-0.05, 0) is 77.9 Å². The van der Waals surface area contributed by atoms with Gasteiger partial charge in [-0.2, -0.15) is 0 Å². The van der Waals surface area contributed by atoms with Gasteiger partial charge in [-0.3, -0.25) is 14.5 Å². The molecule has 5 heterocycles. The number of methoxy groups -OCH3 is 1. The number of aromatic amines is 2. The van der Waals surface area contributed by atoms with Crippen molar-refractivity contribution >= 4 is 39.3 Å². The number of likely N-dealkylation sites (tertiary alicyclic amines) is 2. The fourth-order valence-corrected chi connectivity index (χ4v) is 9.82. The molecule has 0 radical (unpaired) electrons. The van der Waals surface area contributed by atoms with Crippen molar-refractivity contribution in [1.82, 2.24) is 40.0 Å². The molecule has 3 atom stereocenters. The zero-order chi connectivity index (χ0) is 41.9. The highest BCUT2D eigenvalue weighted by molar-refractivity contribution is 7.17. The summed E-state index contributed by atoms with van der Waals surface area (Å²) in [4.78, 5) is 63.1. The minimum Gasteiger partial charge on any atom is -0.453 e. The Labute approximate surface area is 358 Å². The van der Waals surface area contributed by atoms with E-state index in [9.17, 15) is 14.4 Å². The van der Waals surface area contributed by atoms with Crippen LogP contribution in [0.4, 0.5) is 4.79 Å². The fourth-order valence-electron chi connectivity index (χ4n) is 8.86. The van der Waals surface area contributed by atoms with Crippen LogP contribution in [0.3, 0.4) is 0 Å². The van der Waals surface area contributed by atoms with Crippen molar-refractivity contribution in [3.8, 4) is 33.6 Å². The van der Waals surface area contributed by atoms with Gasteiger partial charge in [-0.25, -0.2) is 14.8 Å². The zero-order valence-corrected chi connectivity index (χ0v) is 35.0. The number of likely N-dealkylation sites (N-methyl/N-ethyl adjacent to an activating group) is 1. The predicted octanol–water partition coefficient (Wildman–Crippen LogP) is 8.90. The summed E-state index contributed by atoms with van der Waals surface area (Å²) in [6.45, 7) is 2.26. The Balaban J connectivity index is 0.956. The van der Waals surface area contributed by atoms with Crippen LogP contribution < -0.4 is 5.32 Å². The van der Waals surface area contributed by atoms with E-state index in [2.05, 4.69) is 80.2 Å². The molecule has 3 aromatic heterocycles. The molecule has 3 amide bonds. The highest BCUT2D eigenvalue weighted by Gasteiger charge is 2.37. The summed E-state index contributed by atoms with van der Waals surface area (Å²) in [6.07, 6.45) is 6.31. The van der Waals surface area contributed by atoms with Crippen LogP contribution >= 0.6 is 11.3 Å². The van der Waals surface area contributed by atoms with Gasteiger partial charge in [0.05, 0.1) is 49.5 Å². The molecule has 310 valence electrons. The van der Waals surface area contributed by atoms with Crippen LogP contribution in [0.5, 0.6) is 0 Å². The lowest BCUT2D eigenvalue weighted by Crippen LogP contribution is -2.42. The number of rotatable bonds is 12. The van der Waals surface area contributed by atoms with Crippen LogP contribution in [-0.2, 0) is 20.9 Å². The SMILES string of the molecule is COC(=O)N[C@@H](C(=O)N1CCC[C@H]1c1ncc(-c2ccc(-c3ccccc3)c(-c3cnc([C@@H]4CCCN4C(=O)CN(C)Cc4csc5ccccc45)[nH]3)c2)[nH]1)c1ccccc1. The van der Waals surface area contributed by atoms with Gasteiger partial charge in [0.25, 0.3) is 5.91 Å². The lowest BCUT2D eigenvalue weighted by molar-refractivity contribution is -0.135. The smallest absolute Gasteiger partial charge is 0.407 e. The normalized spacial score (nSPS) is 17.0. The molecule has 7 aromatic rings. The first-order valence-corrected chi connectivity index (χ1v) is 21.7. The topological polar surface area (TPSA) is 140 Å². The van der Waals surface area contributed by atoms with Gasteiger partial charge >= 0.3 is 6.09 Å². The van der Waals surface area contributed by atoms with E-state index in [1.54, 1.807) is 16.2 Å². The fraction of sp³-hybridized carbons (Fsp3) is 0.271. The molecule has 4 aromatic carbocycles. The second-order valence-electron chi connectivity index (χ2n) is 15.8. The molecule has 2 fully saturated rings. The van der Waals surface area contributed by atoms with E-state index in [-0.39, 0.29) is 23.9 Å². The Hall–Kier alpha value is -6.57. The first-order valence-electron chi connectivity index (χ1n) is 20.8. The Morgan fingerprint density at radius 2 is 1.46 bits per heavy atom. The lowest BCUT2D eigenvalue weighted by atomic mass is 9.95. The van der Waals surface area contributed by atoms with Gasteiger partial charge in [0.15, 0.2) is 0 Å². The average Bonchev–Trinajstić information content (AvgIpc) is 4.16. The molecule has 2 aliphatic heterocycles. The Bertz CT molecular complexity index is 2660. The van der Waals surface area contributed by atoms with Gasteiger partial charge in [0, 0.05) is 35.5 Å². The van der Waals surface area contributed by atoms with E-state index >= 15 is 0 Å². The molecule has 0 bridgehead atoms. The quantitative estimate of drug-likeness (QED) is 0.112. The highest BCUT2D eigenvalue weighted by Crippen LogP contribution is 2.39. The summed E-state index contributed by atoms with van der Waals surface area (Å²) in [5.74, 6) is 1.34. The third-order valence-corrected chi connectivity index (χ3v) is 12.9. The summed E-state index contributed by atoms with van der Waals surface area (Å²) in [7, 11) is 3.30. The summed E-state index contributed by atoms with van der Waals surface area (Å²) >= 11 is 1.74. The van der Waals surface area contributed by atoms with E-state index in [1.165, 1.54) is 22.8 Å². The minimum absolute atomic E-state index is 0.0994. The molecule has 61 heavy (non-hydrogen) atoms. The number of amides is 3. The summed E-state index contributed by atoms with van der Waals surface area (Å²) < 4.78 is 6.13. The minimum atomic E-state index is -0.899. The summed E-state index contributed by atoms with van der Waals surface area (Å²) in [5, 5.41) is 6.18. The molecular weight excluding hydrogens is 785 g/mol. The van der Waals surface area contributed by atoms with Crippen LogP contribution in [0.1, 0.15) is 66.6 Å². The summed E-state index contributed by atoms with van der Waals surface area (Å²) in [6, 6.07) is 32.9. The number of imidazole rings is 2. The van der Waals surface area contributed by atoms with E-state index in [4.69, 9.17) is 14.7 Å². The molecule has 9 rings (SSSR count). The number of benzene rings is 4. The molecule has 12 nitrogen and oxygen atoms in total. The Kier molecular flexibility index (Phi) is 11.5. The number of hydrogen-bond donors (Lipinski definition) is 3. The van der Waals surface area contributed by atoms with Crippen LogP contribution in [0, 0.1) is 0 Å². The van der Waals surface area contributed by atoms with Crippen molar-refractivity contribution in [3.63, 3.8) is 0 Å². The predicted molar refractivity (Wildman–Crippen MR) is 237 cm³/mol. The van der Waals surface area contributed by atoms with Crippen LogP contribution in [0.25, 0.3) is 43.7 Å². The largest absolute Gasteiger partial charge is 0.453 e. The van der Waals surface area contributed by atoms with Crippen molar-refractivity contribution in [1.29, 1.82) is 0 Å². The number of ether oxygens (including phenoxy) is 1. The van der Waals surface area contributed by atoms with Crippen molar-refractivity contribution < 1.29 is 19.1 Å². The number of carbonyl (C=O) groups excluding carboxylic acids is 3. The highest BCUT2D eigenvalue weighted by atomic mass is 32.1. The maximum Gasteiger partial charge on any atom is 0.407 e. The second-order valence-corrected chi connectivity index (χ2v) is 16.7. The van der Waals surface area contributed by atoms with Gasteiger partial charge < -0.3 is 29.8 Å². The first kappa shape index (κ1) is 39.9. The standard InChI is InChI=1S/C48H48N8O4S/c1-54(28-34-30-61-42-20-10-9-17-36(34)42)29-43(57)55-23-11-18-40(55)45-50-27-39(52-45)37-25-33(21-22-35(37)31-13-5-3-6-14-31)38-26-49-46(51-38)41-19-12-24-56(41)47(58)44(53-48(59)60-2)32-15-7-4-8-16-32/h3-10,13-17,20-22,25-27,30,40-41,44H,11-12,18-19,23-24,28-29H2,1-2H3,(H,49,51)(H,50,52)(H,53,59)/t40-,41-,44+/m0/s1. The van der Waals surface area contributed by atoms with Gasteiger partial charge in [-0.1, -0.05) is 91.0 Å². The van der Waals surface area contributed by atoms with Crippen molar-refractivity contribution in [2.24, 2.45) is 0 Å². The number of hydrogen-bond acceptors (Lipinski definition) is 8. The number of nitrogens with zero attached hydrogens (tertiary/aromatic N) is 5. The number of aromatic nitrogens is 4. The van der Waals surface area contributed by atoms with Crippen LogP contribution in [-0.4, -0.2) is 86.3 Å². The number of fused-ring (bicyclic) bond motifs is 1. The van der Waals surface area contributed by atoms with E-state index < -0.39 is 12.1 Å². The van der Waals surface area contributed by atoms with Crippen molar-refractivity contribution in [2.45, 2.75) is 50.4 Å². The molecule has 3 N–H and O–H groups in total.